The maximum atomic E-state index is 10.7. The molecule has 0 bridgehead atoms. The standard InChI is InChI=1S/C17H16ClN3O/c1-11-15-10-12-9-13(18)7-8-16(12)21(22)17(15)20(19-11)14-5-3-2-4-6-14/h2-9,15,17,22H,10H2,1H3. The molecular weight excluding hydrogens is 298 g/mol. The first-order valence-electron chi connectivity index (χ1n) is 7.31. The van der Waals surface area contributed by atoms with E-state index in [9.17, 15) is 5.21 Å². The molecule has 0 saturated carbocycles. The van der Waals surface area contributed by atoms with E-state index in [-0.39, 0.29) is 12.1 Å². The molecule has 0 saturated heterocycles. The van der Waals surface area contributed by atoms with Gasteiger partial charge in [-0.1, -0.05) is 29.8 Å². The Morgan fingerprint density at radius 3 is 2.73 bits per heavy atom. The predicted molar refractivity (Wildman–Crippen MR) is 88.7 cm³/mol. The van der Waals surface area contributed by atoms with E-state index in [1.54, 1.807) is 6.07 Å². The van der Waals surface area contributed by atoms with E-state index in [2.05, 4.69) is 5.10 Å². The highest BCUT2D eigenvalue weighted by atomic mass is 35.5. The molecule has 22 heavy (non-hydrogen) atoms. The van der Waals surface area contributed by atoms with Crippen molar-refractivity contribution >= 4 is 28.7 Å². The van der Waals surface area contributed by atoms with Crippen LogP contribution in [-0.4, -0.2) is 17.1 Å². The van der Waals surface area contributed by atoms with Gasteiger partial charge in [0.2, 0.25) is 0 Å². The summed E-state index contributed by atoms with van der Waals surface area (Å²) in [5, 5.41) is 19.3. The van der Waals surface area contributed by atoms with E-state index in [1.165, 1.54) is 5.06 Å². The van der Waals surface area contributed by atoms with Crippen LogP contribution in [0, 0.1) is 5.92 Å². The van der Waals surface area contributed by atoms with Crippen LogP contribution in [0.3, 0.4) is 0 Å². The highest BCUT2D eigenvalue weighted by Crippen LogP contribution is 2.40. The normalized spacial score (nSPS) is 23.1. The first-order chi connectivity index (χ1) is 10.6. The minimum absolute atomic E-state index is 0.149. The molecule has 4 nitrogen and oxygen atoms in total. The molecule has 0 aromatic heterocycles. The van der Waals surface area contributed by atoms with E-state index in [1.807, 2.05) is 54.4 Å². The van der Waals surface area contributed by atoms with E-state index < -0.39 is 0 Å². The largest absolute Gasteiger partial charge is 0.286 e. The minimum atomic E-state index is -0.212. The SMILES string of the molecule is CC1=NN(c2ccccc2)C2C1Cc1cc(Cl)ccc1N2O. The lowest BCUT2D eigenvalue weighted by molar-refractivity contribution is 0.190. The fraction of sp³-hybridized carbons (Fsp3) is 0.235. The van der Waals surface area contributed by atoms with Crippen LogP contribution in [0.4, 0.5) is 11.4 Å². The Morgan fingerprint density at radius 1 is 1.18 bits per heavy atom. The van der Waals surface area contributed by atoms with Crippen LogP contribution in [0.5, 0.6) is 0 Å². The summed E-state index contributed by atoms with van der Waals surface area (Å²) in [5.74, 6) is 0.149. The molecule has 0 aliphatic carbocycles. The van der Waals surface area contributed by atoms with Gasteiger partial charge in [-0.15, -0.1) is 0 Å². The highest BCUT2D eigenvalue weighted by Gasteiger charge is 2.44. The number of hydrazone groups is 1. The molecule has 2 aromatic carbocycles. The molecule has 5 heteroatoms. The summed E-state index contributed by atoms with van der Waals surface area (Å²) in [6.45, 7) is 2.02. The molecule has 2 unspecified atom stereocenters. The van der Waals surface area contributed by atoms with Crippen LogP contribution in [-0.2, 0) is 6.42 Å². The molecule has 2 heterocycles. The summed E-state index contributed by atoms with van der Waals surface area (Å²) in [7, 11) is 0. The summed E-state index contributed by atoms with van der Waals surface area (Å²) < 4.78 is 0. The van der Waals surface area contributed by atoms with Gasteiger partial charge in [0.25, 0.3) is 0 Å². The number of hydroxylamine groups is 1. The van der Waals surface area contributed by atoms with Crippen LogP contribution in [0.1, 0.15) is 12.5 Å². The van der Waals surface area contributed by atoms with Crippen LogP contribution >= 0.6 is 11.6 Å². The summed E-state index contributed by atoms with van der Waals surface area (Å²) in [6, 6.07) is 15.5. The van der Waals surface area contributed by atoms with Gasteiger partial charge in [-0.05, 0) is 49.2 Å². The highest BCUT2D eigenvalue weighted by molar-refractivity contribution is 6.30. The number of nitrogens with zero attached hydrogens (tertiary/aromatic N) is 3. The number of anilines is 2. The fourth-order valence-electron chi connectivity index (χ4n) is 3.33. The van der Waals surface area contributed by atoms with E-state index in [0.29, 0.717) is 5.02 Å². The predicted octanol–water partition coefficient (Wildman–Crippen LogP) is 3.93. The Kier molecular flexibility index (Phi) is 3.10. The number of hydrogen-bond acceptors (Lipinski definition) is 4. The number of halogens is 1. The molecule has 0 fully saturated rings. The van der Waals surface area contributed by atoms with E-state index in [0.717, 1.165) is 29.1 Å². The maximum absolute atomic E-state index is 10.7. The number of benzene rings is 2. The maximum Gasteiger partial charge on any atom is 0.156 e. The average Bonchev–Trinajstić information content (AvgIpc) is 2.85. The van der Waals surface area contributed by atoms with Crippen molar-refractivity contribution in [3.63, 3.8) is 0 Å². The van der Waals surface area contributed by atoms with Crippen LogP contribution in [0.15, 0.2) is 53.6 Å². The molecule has 2 aliphatic rings. The number of rotatable bonds is 1. The van der Waals surface area contributed by atoms with Gasteiger partial charge in [0, 0.05) is 16.7 Å². The van der Waals surface area contributed by atoms with E-state index >= 15 is 0 Å². The van der Waals surface area contributed by atoms with Crippen molar-refractivity contribution in [3.8, 4) is 0 Å². The van der Waals surface area contributed by atoms with Crippen molar-refractivity contribution in [1.29, 1.82) is 0 Å². The van der Waals surface area contributed by atoms with Crippen molar-refractivity contribution in [2.75, 3.05) is 10.1 Å². The molecule has 0 amide bonds. The van der Waals surface area contributed by atoms with Gasteiger partial charge in [-0.3, -0.25) is 5.21 Å². The smallest absolute Gasteiger partial charge is 0.156 e. The van der Waals surface area contributed by atoms with Gasteiger partial charge < -0.3 is 0 Å². The Labute approximate surface area is 134 Å². The average molecular weight is 314 g/mol. The van der Waals surface area contributed by atoms with E-state index in [4.69, 9.17) is 11.6 Å². The Morgan fingerprint density at radius 2 is 1.95 bits per heavy atom. The molecule has 2 aromatic rings. The van der Waals surface area contributed by atoms with Gasteiger partial charge in [-0.25, -0.2) is 10.1 Å². The first kappa shape index (κ1) is 13.6. The lowest BCUT2D eigenvalue weighted by Crippen LogP contribution is -2.50. The van der Waals surface area contributed by atoms with Crippen molar-refractivity contribution in [1.82, 2.24) is 0 Å². The monoisotopic (exact) mass is 313 g/mol. The zero-order chi connectivity index (χ0) is 15.3. The fourth-order valence-corrected chi connectivity index (χ4v) is 3.52. The summed E-state index contributed by atoms with van der Waals surface area (Å²) in [6.07, 6.45) is 0.618. The van der Waals surface area contributed by atoms with Crippen LogP contribution in [0.25, 0.3) is 0 Å². The zero-order valence-corrected chi connectivity index (χ0v) is 12.9. The second kappa shape index (κ2) is 5.00. The molecule has 2 atom stereocenters. The Bertz CT molecular complexity index is 747. The van der Waals surface area contributed by atoms with Gasteiger partial charge in [-0.2, -0.15) is 5.10 Å². The third kappa shape index (κ3) is 1.99. The second-order valence-corrected chi connectivity index (χ2v) is 6.20. The quantitative estimate of drug-likeness (QED) is 0.867. The van der Waals surface area contributed by atoms with Crippen LogP contribution in [0.2, 0.25) is 5.02 Å². The van der Waals surface area contributed by atoms with Crippen molar-refractivity contribution in [2.45, 2.75) is 19.5 Å². The summed E-state index contributed by atoms with van der Waals surface area (Å²) in [4.78, 5) is 0. The Balaban J connectivity index is 1.78. The molecule has 4 rings (SSSR count). The number of para-hydroxylation sites is 1. The number of fused-ring (bicyclic) bond motifs is 2. The summed E-state index contributed by atoms with van der Waals surface area (Å²) in [5.41, 5.74) is 3.86. The Hall–Kier alpha value is -2.04. The topological polar surface area (TPSA) is 39.1 Å². The third-order valence-corrected chi connectivity index (χ3v) is 4.65. The lowest BCUT2D eigenvalue weighted by Gasteiger charge is -2.39. The zero-order valence-electron chi connectivity index (χ0n) is 12.1. The van der Waals surface area contributed by atoms with Crippen molar-refractivity contribution < 1.29 is 5.21 Å². The lowest BCUT2D eigenvalue weighted by atomic mass is 9.88. The third-order valence-electron chi connectivity index (χ3n) is 4.41. The van der Waals surface area contributed by atoms with Crippen molar-refractivity contribution in [2.24, 2.45) is 11.0 Å². The molecule has 0 spiro atoms. The summed E-state index contributed by atoms with van der Waals surface area (Å²) >= 11 is 6.09. The van der Waals surface area contributed by atoms with Crippen LogP contribution < -0.4 is 10.1 Å². The van der Waals surface area contributed by atoms with Gasteiger partial charge >= 0.3 is 0 Å². The molecule has 1 N–H and O–H groups in total. The van der Waals surface area contributed by atoms with Gasteiger partial charge in [0.1, 0.15) is 0 Å². The molecule has 112 valence electrons. The van der Waals surface area contributed by atoms with Gasteiger partial charge in [0.15, 0.2) is 6.17 Å². The minimum Gasteiger partial charge on any atom is -0.286 e. The number of hydrogen-bond donors (Lipinski definition) is 1. The molecule has 0 radical (unpaired) electrons. The first-order valence-corrected chi connectivity index (χ1v) is 7.69. The van der Waals surface area contributed by atoms with Crippen molar-refractivity contribution in [3.05, 3.63) is 59.1 Å². The van der Waals surface area contributed by atoms with Gasteiger partial charge in [0.05, 0.1) is 11.4 Å². The second-order valence-electron chi connectivity index (χ2n) is 5.76. The molecular formula is C17H16ClN3O. The molecule has 2 aliphatic heterocycles.